The summed E-state index contributed by atoms with van der Waals surface area (Å²) in [4.78, 5) is 23.9. The zero-order chi connectivity index (χ0) is 21.2. The lowest BCUT2D eigenvalue weighted by Crippen LogP contribution is -2.20. The molecule has 0 atom stereocenters. The zero-order valence-corrected chi connectivity index (χ0v) is 16.6. The lowest BCUT2D eigenvalue weighted by atomic mass is 10.1. The molecule has 0 aliphatic carbocycles. The summed E-state index contributed by atoms with van der Waals surface area (Å²) in [7, 11) is 1.46. The summed E-state index contributed by atoms with van der Waals surface area (Å²) in [5.41, 5.74) is 5.36. The lowest BCUT2D eigenvalue weighted by molar-refractivity contribution is -0.124. The number of rotatable bonds is 9. The average molecular weight is 395 g/mol. The van der Waals surface area contributed by atoms with Gasteiger partial charge in [0.1, 0.15) is 0 Å². The molecule has 29 heavy (non-hydrogen) atoms. The van der Waals surface area contributed by atoms with E-state index >= 15 is 0 Å². The van der Waals surface area contributed by atoms with Gasteiger partial charge in [-0.3, -0.25) is 9.59 Å². The molecule has 0 saturated heterocycles. The van der Waals surface area contributed by atoms with Crippen LogP contribution in [0.1, 0.15) is 29.5 Å². The van der Waals surface area contributed by atoms with E-state index in [4.69, 9.17) is 4.74 Å². The zero-order valence-electron chi connectivity index (χ0n) is 16.6. The van der Waals surface area contributed by atoms with Crippen molar-refractivity contribution in [1.82, 2.24) is 5.43 Å². The van der Waals surface area contributed by atoms with Crippen LogP contribution in [0.15, 0.2) is 54.2 Å². The van der Waals surface area contributed by atoms with Crippen LogP contribution in [0.5, 0.6) is 11.5 Å². The number of aromatic hydroxyl groups is 1. The Morgan fingerprint density at radius 2 is 1.93 bits per heavy atom. The molecule has 2 amide bonds. The summed E-state index contributed by atoms with van der Waals surface area (Å²) in [5, 5.41) is 16.8. The number of ether oxygens (including phenoxy) is 1. The molecule has 0 spiro atoms. The Morgan fingerprint density at radius 3 is 2.62 bits per heavy atom. The van der Waals surface area contributed by atoms with Crippen molar-refractivity contribution in [1.29, 1.82) is 0 Å². The molecule has 7 heteroatoms. The molecule has 0 aromatic heterocycles. The van der Waals surface area contributed by atoms with Gasteiger partial charge in [-0.15, -0.1) is 6.58 Å². The van der Waals surface area contributed by atoms with Crippen molar-refractivity contribution < 1.29 is 19.4 Å². The fourth-order valence-electron chi connectivity index (χ4n) is 2.62. The van der Waals surface area contributed by atoms with Crippen LogP contribution < -0.4 is 15.5 Å². The third-order valence-electron chi connectivity index (χ3n) is 4.16. The Morgan fingerprint density at radius 1 is 1.21 bits per heavy atom. The number of amides is 2. The number of allylic oxidation sites excluding steroid dienone is 1. The first kappa shape index (κ1) is 21.7. The smallest absolute Gasteiger partial charge is 0.240 e. The standard InChI is InChI=1S/C22H25N3O4/c1-4-7-17-12-16(13-19(29-3)22(17)28)14-23-25-21(27)11-10-20(26)24-18-9-6-5-8-15(18)2/h4-6,8-9,12-14,28H,1,7,10-11H2,2-3H3,(H,24,26)(H,25,27)/b23-14+. The molecular formula is C22H25N3O4. The van der Waals surface area contributed by atoms with E-state index in [1.54, 1.807) is 18.2 Å². The van der Waals surface area contributed by atoms with E-state index in [0.29, 0.717) is 23.3 Å². The van der Waals surface area contributed by atoms with Crippen molar-refractivity contribution in [3.63, 3.8) is 0 Å². The summed E-state index contributed by atoms with van der Waals surface area (Å²) in [5.74, 6) is -0.257. The number of methoxy groups -OCH3 is 1. The van der Waals surface area contributed by atoms with Gasteiger partial charge in [-0.1, -0.05) is 24.3 Å². The SMILES string of the molecule is C=CCc1cc(/C=N/NC(=O)CCC(=O)Nc2ccccc2C)cc(OC)c1O. The van der Waals surface area contributed by atoms with Crippen molar-refractivity contribution in [2.24, 2.45) is 5.10 Å². The number of carbonyl (C=O) groups is 2. The van der Waals surface area contributed by atoms with Crippen molar-refractivity contribution in [2.45, 2.75) is 26.2 Å². The van der Waals surface area contributed by atoms with E-state index in [0.717, 1.165) is 11.3 Å². The van der Waals surface area contributed by atoms with Crippen LogP contribution in [0.25, 0.3) is 0 Å². The Labute approximate surface area is 170 Å². The van der Waals surface area contributed by atoms with Gasteiger partial charge in [0.2, 0.25) is 11.8 Å². The first-order valence-corrected chi connectivity index (χ1v) is 9.12. The second-order valence-electron chi connectivity index (χ2n) is 6.38. The summed E-state index contributed by atoms with van der Waals surface area (Å²) < 4.78 is 5.14. The highest BCUT2D eigenvalue weighted by molar-refractivity contribution is 5.94. The molecule has 0 radical (unpaired) electrons. The van der Waals surface area contributed by atoms with Gasteiger partial charge in [-0.2, -0.15) is 5.10 Å². The number of aryl methyl sites for hydroxylation is 1. The normalized spacial score (nSPS) is 10.6. The topological polar surface area (TPSA) is 100 Å². The molecule has 0 saturated carbocycles. The van der Waals surface area contributed by atoms with E-state index in [2.05, 4.69) is 22.4 Å². The minimum Gasteiger partial charge on any atom is -0.504 e. The minimum atomic E-state index is -0.377. The van der Waals surface area contributed by atoms with Gasteiger partial charge >= 0.3 is 0 Å². The highest BCUT2D eigenvalue weighted by Crippen LogP contribution is 2.31. The van der Waals surface area contributed by atoms with Crippen molar-refractivity contribution in [3.05, 3.63) is 65.7 Å². The number of para-hydroxylation sites is 1. The average Bonchev–Trinajstić information content (AvgIpc) is 2.70. The number of phenolic OH excluding ortho intramolecular Hbond substituents is 1. The Bertz CT molecular complexity index is 922. The molecule has 152 valence electrons. The van der Waals surface area contributed by atoms with E-state index in [-0.39, 0.29) is 30.4 Å². The van der Waals surface area contributed by atoms with E-state index in [1.807, 2.05) is 31.2 Å². The fraction of sp³-hybridized carbons (Fsp3) is 0.227. The molecule has 2 aromatic rings. The van der Waals surface area contributed by atoms with Crippen molar-refractivity contribution >= 4 is 23.7 Å². The van der Waals surface area contributed by atoms with Crippen LogP contribution >= 0.6 is 0 Å². The molecule has 3 N–H and O–H groups in total. The number of hydrogen-bond donors (Lipinski definition) is 3. The van der Waals surface area contributed by atoms with Gasteiger partial charge in [0.25, 0.3) is 0 Å². The van der Waals surface area contributed by atoms with Crippen LogP contribution in [0.3, 0.4) is 0 Å². The predicted octanol–water partition coefficient (Wildman–Crippen LogP) is 3.31. The predicted molar refractivity (Wildman–Crippen MR) is 113 cm³/mol. The van der Waals surface area contributed by atoms with Crippen LogP contribution in [0.4, 0.5) is 5.69 Å². The van der Waals surface area contributed by atoms with Gasteiger partial charge in [0, 0.05) is 24.1 Å². The number of nitrogens with one attached hydrogen (secondary N) is 2. The molecular weight excluding hydrogens is 370 g/mol. The van der Waals surface area contributed by atoms with Crippen LogP contribution in [0, 0.1) is 6.92 Å². The second-order valence-corrected chi connectivity index (χ2v) is 6.38. The summed E-state index contributed by atoms with van der Waals surface area (Å²) >= 11 is 0. The lowest BCUT2D eigenvalue weighted by Gasteiger charge is -2.09. The van der Waals surface area contributed by atoms with Crippen molar-refractivity contribution in [3.8, 4) is 11.5 Å². The third-order valence-corrected chi connectivity index (χ3v) is 4.16. The summed E-state index contributed by atoms with van der Waals surface area (Å²) in [6.45, 7) is 5.56. The molecule has 0 bridgehead atoms. The largest absolute Gasteiger partial charge is 0.504 e. The molecule has 0 fully saturated rings. The number of hydrogen-bond acceptors (Lipinski definition) is 5. The van der Waals surface area contributed by atoms with Crippen LogP contribution in [-0.2, 0) is 16.0 Å². The fourth-order valence-corrected chi connectivity index (χ4v) is 2.62. The van der Waals surface area contributed by atoms with Gasteiger partial charge in [-0.05, 0) is 42.7 Å². The Balaban J connectivity index is 1.88. The first-order chi connectivity index (χ1) is 13.9. The maximum absolute atomic E-state index is 12.0. The molecule has 0 heterocycles. The van der Waals surface area contributed by atoms with E-state index in [1.165, 1.54) is 13.3 Å². The maximum Gasteiger partial charge on any atom is 0.240 e. The van der Waals surface area contributed by atoms with Crippen LogP contribution in [-0.4, -0.2) is 30.2 Å². The molecule has 2 aromatic carbocycles. The van der Waals surface area contributed by atoms with E-state index < -0.39 is 0 Å². The number of benzene rings is 2. The number of anilines is 1. The third kappa shape index (κ3) is 6.49. The highest BCUT2D eigenvalue weighted by Gasteiger charge is 2.10. The van der Waals surface area contributed by atoms with Crippen molar-refractivity contribution in [2.75, 3.05) is 12.4 Å². The molecule has 0 aliphatic rings. The number of nitrogens with zero attached hydrogens (tertiary/aromatic N) is 1. The molecule has 7 nitrogen and oxygen atoms in total. The molecule has 0 unspecified atom stereocenters. The maximum atomic E-state index is 12.0. The van der Waals surface area contributed by atoms with E-state index in [9.17, 15) is 14.7 Å². The summed E-state index contributed by atoms with van der Waals surface area (Å²) in [6, 6.07) is 10.8. The number of phenols is 1. The Hall–Kier alpha value is -3.61. The number of hydrazone groups is 1. The minimum absolute atomic E-state index is 0.00959. The highest BCUT2D eigenvalue weighted by atomic mass is 16.5. The second kappa shape index (κ2) is 10.7. The quantitative estimate of drug-likeness (QED) is 0.344. The number of carbonyl (C=O) groups excluding carboxylic acids is 2. The Kier molecular flexibility index (Phi) is 7.97. The van der Waals surface area contributed by atoms with Gasteiger partial charge in [0.05, 0.1) is 13.3 Å². The first-order valence-electron chi connectivity index (χ1n) is 9.12. The van der Waals surface area contributed by atoms with Gasteiger partial charge in [0.15, 0.2) is 11.5 Å². The van der Waals surface area contributed by atoms with Gasteiger partial charge in [-0.25, -0.2) is 5.43 Å². The molecule has 2 rings (SSSR count). The summed E-state index contributed by atoms with van der Waals surface area (Å²) in [6.07, 6.45) is 3.63. The monoisotopic (exact) mass is 395 g/mol. The van der Waals surface area contributed by atoms with Gasteiger partial charge < -0.3 is 15.2 Å². The molecule has 0 aliphatic heterocycles. The van der Waals surface area contributed by atoms with Crippen LogP contribution in [0.2, 0.25) is 0 Å².